The highest BCUT2D eigenvalue weighted by molar-refractivity contribution is 7.89. The Labute approximate surface area is 142 Å². The summed E-state index contributed by atoms with van der Waals surface area (Å²) in [6.07, 6.45) is 4.28. The van der Waals surface area contributed by atoms with Crippen LogP contribution in [0.3, 0.4) is 0 Å². The fourth-order valence-corrected chi connectivity index (χ4v) is 3.69. The van der Waals surface area contributed by atoms with E-state index in [9.17, 15) is 8.42 Å². The van der Waals surface area contributed by atoms with E-state index in [1.165, 1.54) is 0 Å². The minimum Gasteiger partial charge on any atom is -0.379 e. The van der Waals surface area contributed by atoms with Crippen molar-refractivity contribution >= 4 is 10.0 Å². The molecule has 1 saturated heterocycles. The number of hydrogen-bond acceptors (Lipinski definition) is 5. The van der Waals surface area contributed by atoms with E-state index in [2.05, 4.69) is 14.7 Å². The quantitative estimate of drug-likeness (QED) is 0.750. The van der Waals surface area contributed by atoms with Crippen LogP contribution in [0.5, 0.6) is 0 Å². The summed E-state index contributed by atoms with van der Waals surface area (Å²) in [5, 5.41) is 4.12. The van der Waals surface area contributed by atoms with Crippen molar-refractivity contribution in [3.05, 3.63) is 42.7 Å². The molecule has 8 heteroatoms. The summed E-state index contributed by atoms with van der Waals surface area (Å²) in [5.41, 5.74) is 0.825. The lowest BCUT2D eigenvalue weighted by molar-refractivity contribution is 0.0376. The van der Waals surface area contributed by atoms with E-state index in [1.54, 1.807) is 35.1 Å². The fourth-order valence-electron chi connectivity index (χ4n) is 2.62. The molecule has 1 aromatic heterocycles. The monoisotopic (exact) mass is 350 g/mol. The molecule has 2 aromatic rings. The van der Waals surface area contributed by atoms with Gasteiger partial charge in [-0.3, -0.25) is 4.90 Å². The molecule has 0 saturated carbocycles. The molecular weight excluding hydrogens is 328 g/mol. The van der Waals surface area contributed by atoms with Gasteiger partial charge in [-0.1, -0.05) is 0 Å². The molecule has 1 fully saturated rings. The van der Waals surface area contributed by atoms with Crippen LogP contribution in [-0.4, -0.2) is 62.5 Å². The van der Waals surface area contributed by atoms with Crippen molar-refractivity contribution in [1.29, 1.82) is 0 Å². The lowest BCUT2D eigenvalue weighted by Crippen LogP contribution is -2.38. The smallest absolute Gasteiger partial charge is 0.240 e. The van der Waals surface area contributed by atoms with Crippen LogP contribution in [0.15, 0.2) is 47.6 Å². The largest absolute Gasteiger partial charge is 0.379 e. The van der Waals surface area contributed by atoms with Crippen LogP contribution in [-0.2, 0) is 14.8 Å². The van der Waals surface area contributed by atoms with Crippen LogP contribution in [0.1, 0.15) is 6.42 Å². The van der Waals surface area contributed by atoms with Crippen molar-refractivity contribution in [3.63, 3.8) is 0 Å². The van der Waals surface area contributed by atoms with E-state index in [-0.39, 0.29) is 4.90 Å². The predicted octanol–water partition coefficient (Wildman–Crippen LogP) is 0.873. The molecule has 0 atom stereocenters. The van der Waals surface area contributed by atoms with Gasteiger partial charge in [0.25, 0.3) is 0 Å². The Morgan fingerprint density at radius 1 is 1.17 bits per heavy atom. The highest BCUT2D eigenvalue weighted by Gasteiger charge is 2.14. The fraction of sp³-hybridized carbons (Fsp3) is 0.438. The normalized spacial score (nSPS) is 16.3. The lowest BCUT2D eigenvalue weighted by atomic mass is 10.3. The number of nitrogens with one attached hydrogen (secondary N) is 1. The molecule has 3 rings (SSSR count). The number of hydrogen-bond donors (Lipinski definition) is 1. The molecule has 0 radical (unpaired) electrons. The van der Waals surface area contributed by atoms with Crippen molar-refractivity contribution in [3.8, 4) is 5.69 Å². The van der Waals surface area contributed by atoms with E-state index >= 15 is 0 Å². The Morgan fingerprint density at radius 2 is 1.92 bits per heavy atom. The Bertz CT molecular complexity index is 723. The molecule has 130 valence electrons. The zero-order chi connectivity index (χ0) is 16.8. The first-order valence-corrected chi connectivity index (χ1v) is 9.53. The maximum atomic E-state index is 12.3. The first-order chi connectivity index (χ1) is 11.6. The van der Waals surface area contributed by atoms with Gasteiger partial charge >= 0.3 is 0 Å². The number of morpholine rings is 1. The molecule has 1 aromatic carbocycles. The van der Waals surface area contributed by atoms with Gasteiger partial charge in [-0.25, -0.2) is 17.8 Å². The Morgan fingerprint density at radius 3 is 2.58 bits per heavy atom. The Hall–Kier alpha value is -1.74. The van der Waals surface area contributed by atoms with Crippen LogP contribution < -0.4 is 4.72 Å². The number of sulfonamides is 1. The van der Waals surface area contributed by atoms with Crippen molar-refractivity contribution in [2.24, 2.45) is 0 Å². The molecule has 0 spiro atoms. The van der Waals surface area contributed by atoms with Gasteiger partial charge in [-0.05, 0) is 43.3 Å². The third-order valence-corrected chi connectivity index (χ3v) is 5.44. The van der Waals surface area contributed by atoms with Crippen LogP contribution in [0.2, 0.25) is 0 Å². The van der Waals surface area contributed by atoms with Gasteiger partial charge in [0.05, 0.1) is 23.8 Å². The zero-order valence-electron chi connectivity index (χ0n) is 13.5. The number of aromatic nitrogens is 2. The molecule has 1 aliphatic rings. The van der Waals surface area contributed by atoms with Gasteiger partial charge in [0.2, 0.25) is 10.0 Å². The zero-order valence-corrected chi connectivity index (χ0v) is 14.3. The van der Waals surface area contributed by atoms with Crippen LogP contribution in [0, 0.1) is 0 Å². The number of ether oxygens (including phenoxy) is 1. The Balaban J connectivity index is 1.51. The molecule has 0 bridgehead atoms. The van der Waals surface area contributed by atoms with E-state index in [4.69, 9.17) is 4.74 Å². The summed E-state index contributed by atoms with van der Waals surface area (Å²) < 4.78 is 34.3. The molecule has 0 aliphatic carbocycles. The van der Waals surface area contributed by atoms with Crippen LogP contribution in [0.4, 0.5) is 0 Å². The average molecular weight is 350 g/mol. The second kappa shape index (κ2) is 7.89. The summed E-state index contributed by atoms with van der Waals surface area (Å²) >= 11 is 0. The maximum absolute atomic E-state index is 12.3. The van der Waals surface area contributed by atoms with E-state index in [0.717, 1.165) is 45.0 Å². The topological polar surface area (TPSA) is 76.5 Å². The van der Waals surface area contributed by atoms with Crippen molar-refractivity contribution < 1.29 is 13.2 Å². The summed E-state index contributed by atoms with van der Waals surface area (Å²) in [7, 11) is -3.47. The van der Waals surface area contributed by atoms with Crippen LogP contribution in [0.25, 0.3) is 5.69 Å². The molecule has 7 nitrogen and oxygen atoms in total. The van der Waals surface area contributed by atoms with E-state index < -0.39 is 10.0 Å². The van der Waals surface area contributed by atoms with E-state index in [1.807, 2.05) is 12.3 Å². The average Bonchev–Trinajstić information content (AvgIpc) is 3.14. The molecular formula is C16H22N4O3S. The molecule has 0 unspecified atom stereocenters. The second-order valence-corrected chi connectivity index (χ2v) is 7.42. The van der Waals surface area contributed by atoms with Crippen molar-refractivity contribution in [1.82, 2.24) is 19.4 Å². The summed E-state index contributed by atoms with van der Waals surface area (Å²) in [6, 6.07) is 8.51. The number of benzene rings is 1. The first-order valence-electron chi connectivity index (χ1n) is 8.05. The molecule has 1 aliphatic heterocycles. The minimum atomic E-state index is -3.47. The number of rotatable bonds is 7. The highest BCUT2D eigenvalue weighted by Crippen LogP contribution is 2.13. The highest BCUT2D eigenvalue weighted by atomic mass is 32.2. The van der Waals surface area contributed by atoms with Crippen molar-refractivity contribution in [2.75, 3.05) is 39.4 Å². The number of nitrogens with zero attached hydrogens (tertiary/aromatic N) is 3. The van der Waals surface area contributed by atoms with Gasteiger partial charge in [0, 0.05) is 32.0 Å². The molecule has 24 heavy (non-hydrogen) atoms. The summed E-state index contributed by atoms with van der Waals surface area (Å²) in [6.45, 7) is 4.66. The molecule has 2 heterocycles. The molecule has 1 N–H and O–H groups in total. The summed E-state index contributed by atoms with van der Waals surface area (Å²) in [5.74, 6) is 0. The SMILES string of the molecule is O=S(=O)(NCCCN1CCOCC1)c1ccc(-n2cccn2)cc1. The second-order valence-electron chi connectivity index (χ2n) is 5.65. The first kappa shape index (κ1) is 17.1. The van der Waals surface area contributed by atoms with Crippen molar-refractivity contribution in [2.45, 2.75) is 11.3 Å². The lowest BCUT2D eigenvalue weighted by Gasteiger charge is -2.26. The third kappa shape index (κ3) is 4.41. The standard InChI is InChI=1S/C16H22N4O3S/c21-24(22,18-8-2-9-19-11-13-23-14-12-19)16-5-3-15(4-6-16)20-10-1-7-17-20/h1,3-7,10,18H,2,8-9,11-14H2. The van der Waals surface area contributed by atoms with Gasteiger partial charge in [0.15, 0.2) is 0 Å². The predicted molar refractivity (Wildman–Crippen MR) is 90.6 cm³/mol. The Kier molecular flexibility index (Phi) is 5.62. The van der Waals surface area contributed by atoms with E-state index in [0.29, 0.717) is 6.54 Å². The molecule has 0 amide bonds. The van der Waals surface area contributed by atoms with Gasteiger partial charge in [-0.15, -0.1) is 0 Å². The summed E-state index contributed by atoms with van der Waals surface area (Å²) in [4.78, 5) is 2.56. The van der Waals surface area contributed by atoms with Gasteiger partial charge in [0.1, 0.15) is 0 Å². The maximum Gasteiger partial charge on any atom is 0.240 e. The van der Waals surface area contributed by atoms with Gasteiger partial charge in [-0.2, -0.15) is 5.10 Å². The van der Waals surface area contributed by atoms with Crippen LogP contribution >= 0.6 is 0 Å². The minimum absolute atomic E-state index is 0.268. The third-order valence-electron chi connectivity index (χ3n) is 3.96. The van der Waals surface area contributed by atoms with Gasteiger partial charge < -0.3 is 4.74 Å².